The van der Waals surface area contributed by atoms with Crippen molar-refractivity contribution in [2.45, 2.75) is 59.4 Å². The molecule has 0 saturated heterocycles. The molecule has 0 fully saturated rings. The number of rotatable bonds is 7. The first-order valence-corrected chi connectivity index (χ1v) is 10.8. The lowest BCUT2D eigenvalue weighted by Gasteiger charge is -2.37. The first-order chi connectivity index (χ1) is 14.5. The molecule has 0 aromatic carbocycles. The van der Waals surface area contributed by atoms with Gasteiger partial charge >= 0.3 is 0 Å². The van der Waals surface area contributed by atoms with Crippen molar-refractivity contribution in [3.8, 4) is 0 Å². The van der Waals surface area contributed by atoms with Gasteiger partial charge in [-0.1, -0.05) is 74.6 Å². The second-order valence-corrected chi connectivity index (χ2v) is 8.98. The fourth-order valence-electron chi connectivity index (χ4n) is 3.90. The molecular weight excluding hydrogens is 388 g/mol. The van der Waals surface area contributed by atoms with Crippen LogP contribution in [0.25, 0.3) is 0 Å². The highest BCUT2D eigenvalue weighted by molar-refractivity contribution is 6.00. The van der Waals surface area contributed by atoms with Crippen molar-refractivity contribution >= 4 is 5.78 Å². The van der Waals surface area contributed by atoms with Gasteiger partial charge in [0.25, 0.3) is 0 Å². The summed E-state index contributed by atoms with van der Waals surface area (Å²) in [6.07, 6.45) is 21.0. The molecular formula is C27H36O4. The number of ether oxygens (including phenoxy) is 1. The SMILES string of the molecule is CC(=CC=CC=CC=CC=CC1(C)C=C(CO)C(=O)C1C)C1OC(C)C(C)(O)C=C1C. The minimum atomic E-state index is -0.930. The first-order valence-electron chi connectivity index (χ1n) is 10.8. The van der Waals surface area contributed by atoms with Crippen LogP contribution >= 0.6 is 0 Å². The number of ketones is 1. The summed E-state index contributed by atoms with van der Waals surface area (Å²) in [5.74, 6) is -0.135. The Bertz CT molecular complexity index is 879. The summed E-state index contributed by atoms with van der Waals surface area (Å²) in [5.41, 5.74) is 1.32. The van der Waals surface area contributed by atoms with Crippen molar-refractivity contribution in [1.82, 2.24) is 0 Å². The second kappa shape index (κ2) is 10.4. The normalized spacial score (nSPS) is 35.2. The maximum absolute atomic E-state index is 12.1. The fourth-order valence-corrected chi connectivity index (χ4v) is 3.90. The standard InChI is InChI=1S/C27H36O4/c1-19(25-20(2)16-27(6,30)22(4)31-25)14-12-10-8-7-9-11-13-15-26(5)17-23(18-28)24(29)21(26)3/h7-17,21-22,25,28,30H,18H2,1-6H3. The largest absolute Gasteiger partial charge is 0.392 e. The quantitative estimate of drug-likeness (QED) is 0.456. The Morgan fingerprint density at radius 2 is 1.65 bits per heavy atom. The lowest BCUT2D eigenvalue weighted by molar-refractivity contribution is -0.119. The molecule has 4 heteroatoms. The van der Waals surface area contributed by atoms with Crippen molar-refractivity contribution in [3.63, 3.8) is 0 Å². The summed E-state index contributed by atoms with van der Waals surface area (Å²) < 4.78 is 5.98. The topological polar surface area (TPSA) is 66.8 Å². The molecule has 168 valence electrons. The monoisotopic (exact) mass is 424 g/mol. The number of aliphatic hydroxyl groups excluding tert-OH is 1. The van der Waals surface area contributed by atoms with E-state index in [0.29, 0.717) is 5.57 Å². The average Bonchev–Trinajstić information content (AvgIpc) is 2.92. The van der Waals surface area contributed by atoms with E-state index in [1.165, 1.54) is 0 Å². The van der Waals surface area contributed by atoms with Gasteiger partial charge in [-0.3, -0.25) is 4.79 Å². The molecule has 1 aliphatic carbocycles. The molecule has 0 saturated carbocycles. The van der Waals surface area contributed by atoms with Gasteiger partial charge in [0, 0.05) is 16.9 Å². The number of Topliss-reactive ketones (excluding diaryl/α,β-unsaturated/α-hetero) is 1. The van der Waals surface area contributed by atoms with E-state index in [0.717, 1.165) is 11.1 Å². The Kier molecular flexibility index (Phi) is 8.35. The number of carbonyl (C=O) groups excluding carboxylic acids is 1. The number of allylic oxidation sites excluding steroid dienone is 10. The summed E-state index contributed by atoms with van der Waals surface area (Å²) >= 11 is 0. The molecule has 1 aliphatic heterocycles. The zero-order chi connectivity index (χ0) is 23.2. The van der Waals surface area contributed by atoms with E-state index in [4.69, 9.17) is 4.74 Å². The van der Waals surface area contributed by atoms with Crippen LogP contribution < -0.4 is 0 Å². The summed E-state index contributed by atoms with van der Waals surface area (Å²) in [6.45, 7) is 11.4. The summed E-state index contributed by atoms with van der Waals surface area (Å²) in [5, 5.41) is 19.6. The highest BCUT2D eigenvalue weighted by atomic mass is 16.5. The highest BCUT2D eigenvalue weighted by Crippen LogP contribution is 2.39. The molecule has 2 aliphatic rings. The molecule has 31 heavy (non-hydrogen) atoms. The predicted molar refractivity (Wildman–Crippen MR) is 126 cm³/mol. The van der Waals surface area contributed by atoms with Crippen molar-refractivity contribution in [3.05, 3.63) is 83.6 Å². The zero-order valence-corrected chi connectivity index (χ0v) is 19.5. The highest BCUT2D eigenvalue weighted by Gasteiger charge is 2.39. The van der Waals surface area contributed by atoms with Gasteiger partial charge in [-0.05, 0) is 44.9 Å². The Hall–Kier alpha value is -2.27. The maximum atomic E-state index is 12.1. The third-order valence-corrected chi connectivity index (χ3v) is 6.29. The minimum Gasteiger partial charge on any atom is -0.392 e. The van der Waals surface area contributed by atoms with Crippen molar-refractivity contribution in [2.75, 3.05) is 6.61 Å². The molecule has 5 atom stereocenters. The Morgan fingerprint density at radius 3 is 2.23 bits per heavy atom. The first kappa shape index (κ1) is 25.0. The van der Waals surface area contributed by atoms with Gasteiger partial charge in [0.1, 0.15) is 5.60 Å². The molecule has 0 radical (unpaired) electrons. The Labute approximate surface area is 186 Å². The summed E-state index contributed by atoms with van der Waals surface area (Å²) in [7, 11) is 0. The molecule has 1 heterocycles. The van der Waals surface area contributed by atoms with Gasteiger partial charge in [-0.15, -0.1) is 0 Å². The molecule has 0 aromatic heterocycles. The number of carbonyl (C=O) groups is 1. The summed E-state index contributed by atoms with van der Waals surface area (Å²) in [6, 6.07) is 0. The molecule has 0 bridgehead atoms. The van der Waals surface area contributed by atoms with Gasteiger partial charge < -0.3 is 14.9 Å². The number of hydrogen-bond acceptors (Lipinski definition) is 4. The van der Waals surface area contributed by atoms with Crippen LogP contribution in [0.1, 0.15) is 41.5 Å². The van der Waals surface area contributed by atoms with Gasteiger partial charge in [0.15, 0.2) is 5.78 Å². The van der Waals surface area contributed by atoms with Crippen LogP contribution in [0.3, 0.4) is 0 Å². The number of hydrogen-bond donors (Lipinski definition) is 2. The van der Waals surface area contributed by atoms with Crippen LogP contribution in [0.5, 0.6) is 0 Å². The lowest BCUT2D eigenvalue weighted by Crippen LogP contribution is -2.44. The van der Waals surface area contributed by atoms with Crippen LogP contribution in [0.15, 0.2) is 83.6 Å². The van der Waals surface area contributed by atoms with Gasteiger partial charge in [0.2, 0.25) is 0 Å². The van der Waals surface area contributed by atoms with Crippen LogP contribution in [0.4, 0.5) is 0 Å². The molecule has 4 nitrogen and oxygen atoms in total. The van der Waals surface area contributed by atoms with Crippen LogP contribution in [0, 0.1) is 11.3 Å². The second-order valence-electron chi connectivity index (χ2n) is 8.98. The third kappa shape index (κ3) is 6.13. The van der Waals surface area contributed by atoms with Gasteiger partial charge in [0.05, 0.1) is 18.8 Å². The summed E-state index contributed by atoms with van der Waals surface area (Å²) in [4.78, 5) is 12.1. The van der Waals surface area contributed by atoms with E-state index in [9.17, 15) is 15.0 Å². The maximum Gasteiger partial charge on any atom is 0.164 e. The van der Waals surface area contributed by atoms with Crippen LogP contribution in [-0.2, 0) is 9.53 Å². The minimum absolute atomic E-state index is 0.0242. The number of aliphatic hydroxyl groups is 2. The molecule has 2 rings (SSSR count). The van der Waals surface area contributed by atoms with E-state index in [-0.39, 0.29) is 35.9 Å². The van der Waals surface area contributed by atoms with Crippen LogP contribution in [0.2, 0.25) is 0 Å². The zero-order valence-electron chi connectivity index (χ0n) is 19.5. The van der Waals surface area contributed by atoms with E-state index in [1.807, 2.05) is 101 Å². The van der Waals surface area contributed by atoms with Crippen molar-refractivity contribution in [1.29, 1.82) is 0 Å². The predicted octanol–water partition coefficient (Wildman–Crippen LogP) is 4.79. The molecule has 0 spiro atoms. The molecule has 5 unspecified atom stereocenters. The molecule has 0 amide bonds. The lowest BCUT2D eigenvalue weighted by atomic mass is 9.80. The Balaban J connectivity index is 1.89. The molecule has 2 N–H and O–H groups in total. The van der Waals surface area contributed by atoms with E-state index < -0.39 is 5.60 Å². The average molecular weight is 425 g/mol. The van der Waals surface area contributed by atoms with E-state index >= 15 is 0 Å². The fraction of sp³-hybridized carbons (Fsp3) is 0.444. The van der Waals surface area contributed by atoms with Gasteiger partial charge in [-0.2, -0.15) is 0 Å². The van der Waals surface area contributed by atoms with Crippen LogP contribution in [-0.4, -0.2) is 40.4 Å². The molecule has 0 aromatic rings. The van der Waals surface area contributed by atoms with E-state index in [2.05, 4.69) is 0 Å². The van der Waals surface area contributed by atoms with Gasteiger partial charge in [-0.25, -0.2) is 0 Å². The third-order valence-electron chi connectivity index (χ3n) is 6.29. The van der Waals surface area contributed by atoms with Crippen molar-refractivity contribution in [2.24, 2.45) is 11.3 Å². The Morgan fingerprint density at radius 1 is 1.06 bits per heavy atom. The van der Waals surface area contributed by atoms with Crippen molar-refractivity contribution < 1.29 is 19.7 Å². The smallest absolute Gasteiger partial charge is 0.164 e. The van der Waals surface area contributed by atoms with E-state index in [1.54, 1.807) is 6.92 Å².